The van der Waals surface area contributed by atoms with Gasteiger partial charge < -0.3 is 20.3 Å². The third kappa shape index (κ3) is 9.43. The van der Waals surface area contributed by atoms with Crippen LogP contribution >= 0.6 is 0 Å². The highest BCUT2D eigenvalue weighted by Gasteiger charge is 2.36. The van der Waals surface area contributed by atoms with E-state index in [1.165, 1.54) is 0 Å². The van der Waals surface area contributed by atoms with Crippen molar-refractivity contribution < 1.29 is 19.1 Å². The number of nitrogens with zero attached hydrogens (tertiary/aromatic N) is 1. The molecule has 0 fully saturated rings. The third-order valence-corrected chi connectivity index (χ3v) is 7.98. The minimum atomic E-state index is -0.957. The molecule has 0 heterocycles. The summed E-state index contributed by atoms with van der Waals surface area (Å²) in [7, 11) is 0. The van der Waals surface area contributed by atoms with Crippen LogP contribution in [0, 0.1) is 13.8 Å². The van der Waals surface area contributed by atoms with Gasteiger partial charge in [0, 0.05) is 18.7 Å². The van der Waals surface area contributed by atoms with E-state index in [9.17, 15) is 14.4 Å². The number of fused-ring (bicyclic) bond motifs is 1. The molecule has 242 valence electrons. The fourth-order valence-electron chi connectivity index (χ4n) is 5.48. The molecule has 7 heteroatoms. The number of benzene rings is 4. The number of unbranched alkanes of at least 4 members (excludes halogenated alkanes) is 2. The lowest BCUT2D eigenvalue weighted by atomic mass is 9.97. The monoisotopic (exact) mass is 621 g/mol. The van der Waals surface area contributed by atoms with Crippen LogP contribution in [0.25, 0.3) is 10.8 Å². The maximum Gasteiger partial charge on any atom is 0.408 e. The highest BCUT2D eigenvalue weighted by Crippen LogP contribution is 2.28. The van der Waals surface area contributed by atoms with Gasteiger partial charge in [-0.25, -0.2) is 4.79 Å². The number of rotatable bonds is 12. The van der Waals surface area contributed by atoms with Crippen molar-refractivity contribution in [2.75, 3.05) is 11.9 Å². The third-order valence-electron chi connectivity index (χ3n) is 7.98. The molecule has 0 aliphatic rings. The highest BCUT2D eigenvalue weighted by molar-refractivity contribution is 6.00. The van der Waals surface area contributed by atoms with E-state index in [-0.39, 0.29) is 18.2 Å². The first kappa shape index (κ1) is 34.2. The molecule has 0 aliphatic heterocycles. The van der Waals surface area contributed by atoms with Gasteiger partial charge in [0.05, 0.1) is 0 Å². The molecule has 2 unspecified atom stereocenters. The number of aryl methyl sites for hydroxylation is 2. The summed E-state index contributed by atoms with van der Waals surface area (Å²) >= 11 is 0. The first-order valence-electron chi connectivity index (χ1n) is 16.2. The van der Waals surface area contributed by atoms with E-state index in [1.54, 1.807) is 25.7 Å². The smallest absolute Gasteiger partial charge is 0.408 e. The zero-order valence-electron chi connectivity index (χ0n) is 27.9. The summed E-state index contributed by atoms with van der Waals surface area (Å²) in [5.74, 6) is -0.665. The maximum absolute atomic E-state index is 14.7. The van der Waals surface area contributed by atoms with Gasteiger partial charge in [-0.2, -0.15) is 0 Å². The van der Waals surface area contributed by atoms with Crippen LogP contribution in [-0.4, -0.2) is 41.0 Å². The van der Waals surface area contributed by atoms with Crippen LogP contribution in [0.2, 0.25) is 0 Å². The highest BCUT2D eigenvalue weighted by atomic mass is 16.6. The number of hydrogen-bond donors (Lipinski definition) is 2. The Kier molecular flexibility index (Phi) is 11.6. The molecule has 0 bridgehead atoms. The standard InChI is InChI=1S/C39H47N3O4/c1-7-8-14-23-42(37(44)34(25-29-15-10-9-11-16-29)41-38(45)46-39(4,5)6)35(32-20-19-27(2)28(3)24-32)36(43)40-33-22-21-30-17-12-13-18-31(30)26-33/h9-13,15-22,24,26,34-35H,7-8,14,23,25H2,1-6H3,(H,40,43)(H,41,45). The molecule has 4 aromatic rings. The molecular formula is C39H47N3O4. The average Bonchev–Trinajstić information content (AvgIpc) is 3.01. The Balaban J connectivity index is 1.76. The number of carbonyl (C=O) groups is 3. The minimum Gasteiger partial charge on any atom is -0.444 e. The fraction of sp³-hybridized carbons (Fsp3) is 0.359. The normalized spacial score (nSPS) is 12.7. The average molecular weight is 622 g/mol. The molecule has 0 saturated heterocycles. The fourth-order valence-corrected chi connectivity index (χ4v) is 5.48. The van der Waals surface area contributed by atoms with Crippen LogP contribution in [0.4, 0.5) is 10.5 Å². The van der Waals surface area contributed by atoms with Gasteiger partial charge in [0.2, 0.25) is 5.91 Å². The molecular weight excluding hydrogens is 574 g/mol. The van der Waals surface area contributed by atoms with Crippen molar-refractivity contribution in [1.82, 2.24) is 10.2 Å². The lowest BCUT2D eigenvalue weighted by Crippen LogP contribution is -2.53. The van der Waals surface area contributed by atoms with Crippen molar-refractivity contribution in [3.8, 4) is 0 Å². The Morgan fingerprint density at radius 1 is 0.804 bits per heavy atom. The molecule has 7 nitrogen and oxygen atoms in total. The zero-order chi connectivity index (χ0) is 33.3. The Labute approximate surface area is 273 Å². The molecule has 2 N–H and O–H groups in total. The van der Waals surface area contributed by atoms with Gasteiger partial charge >= 0.3 is 6.09 Å². The maximum atomic E-state index is 14.7. The van der Waals surface area contributed by atoms with Crippen molar-refractivity contribution in [3.05, 3.63) is 113 Å². The number of alkyl carbamates (subject to hydrolysis) is 1. The Bertz CT molecular complexity index is 1640. The van der Waals surface area contributed by atoms with Crippen molar-refractivity contribution in [3.63, 3.8) is 0 Å². The second-order valence-corrected chi connectivity index (χ2v) is 12.9. The second-order valence-electron chi connectivity index (χ2n) is 12.9. The quantitative estimate of drug-likeness (QED) is 0.156. The summed E-state index contributed by atoms with van der Waals surface area (Å²) in [6.07, 6.45) is 2.10. The number of nitrogens with one attached hydrogen (secondary N) is 2. The topological polar surface area (TPSA) is 87.7 Å². The van der Waals surface area contributed by atoms with Gasteiger partial charge in [0.1, 0.15) is 17.7 Å². The van der Waals surface area contributed by atoms with Crippen molar-refractivity contribution in [1.29, 1.82) is 0 Å². The Morgan fingerprint density at radius 3 is 2.17 bits per heavy atom. The molecule has 0 aromatic heterocycles. The minimum absolute atomic E-state index is 0.245. The van der Waals surface area contributed by atoms with Crippen molar-refractivity contribution >= 4 is 34.4 Å². The van der Waals surface area contributed by atoms with Crippen LogP contribution in [0.1, 0.15) is 75.3 Å². The van der Waals surface area contributed by atoms with Gasteiger partial charge in [-0.15, -0.1) is 0 Å². The largest absolute Gasteiger partial charge is 0.444 e. The number of hydrogen-bond acceptors (Lipinski definition) is 4. The molecule has 4 aromatic carbocycles. The summed E-state index contributed by atoms with van der Waals surface area (Å²) < 4.78 is 5.57. The molecule has 46 heavy (non-hydrogen) atoms. The van der Waals surface area contributed by atoms with Crippen LogP contribution in [0.3, 0.4) is 0 Å². The van der Waals surface area contributed by atoms with Crippen molar-refractivity contribution in [2.45, 2.75) is 84.9 Å². The number of ether oxygens (including phenoxy) is 1. The zero-order valence-corrected chi connectivity index (χ0v) is 27.9. The lowest BCUT2D eigenvalue weighted by molar-refractivity contribution is -0.140. The van der Waals surface area contributed by atoms with Gasteiger partial charge in [-0.05, 0) is 86.2 Å². The van der Waals surface area contributed by atoms with E-state index >= 15 is 0 Å². The van der Waals surface area contributed by atoms with E-state index in [2.05, 4.69) is 17.6 Å². The van der Waals surface area contributed by atoms with Gasteiger partial charge in [-0.3, -0.25) is 9.59 Å². The molecule has 3 amide bonds. The first-order valence-corrected chi connectivity index (χ1v) is 16.2. The van der Waals surface area contributed by atoms with Crippen LogP contribution < -0.4 is 10.6 Å². The summed E-state index contributed by atoms with van der Waals surface area (Å²) in [5.41, 5.74) is 3.61. The molecule has 0 saturated carbocycles. The Morgan fingerprint density at radius 2 is 1.50 bits per heavy atom. The SMILES string of the molecule is CCCCCN(C(=O)C(Cc1ccccc1)NC(=O)OC(C)(C)C)C(C(=O)Nc1ccc2ccccc2c1)c1ccc(C)c(C)c1. The van der Waals surface area contributed by atoms with E-state index in [0.29, 0.717) is 24.2 Å². The second kappa shape index (κ2) is 15.6. The van der Waals surface area contributed by atoms with Gasteiger partial charge in [0.15, 0.2) is 0 Å². The summed E-state index contributed by atoms with van der Waals surface area (Å²) in [5, 5.41) is 8.02. The number of anilines is 1. The van der Waals surface area contributed by atoms with E-state index in [4.69, 9.17) is 4.74 Å². The van der Waals surface area contributed by atoms with Crippen LogP contribution in [0.15, 0.2) is 91.0 Å². The first-order chi connectivity index (χ1) is 21.9. The molecule has 0 spiro atoms. The lowest BCUT2D eigenvalue weighted by Gasteiger charge is -2.35. The predicted molar refractivity (Wildman–Crippen MR) is 186 cm³/mol. The summed E-state index contributed by atoms with van der Waals surface area (Å²) in [6, 6.07) is 27.3. The number of amides is 3. The Hall–Kier alpha value is -4.65. The molecule has 0 aliphatic carbocycles. The molecule has 4 rings (SSSR count). The van der Waals surface area contributed by atoms with E-state index in [1.807, 2.05) is 105 Å². The number of carbonyl (C=O) groups excluding carboxylic acids is 3. The predicted octanol–water partition coefficient (Wildman–Crippen LogP) is 8.29. The summed E-state index contributed by atoms with van der Waals surface area (Å²) in [4.78, 5) is 43.8. The van der Waals surface area contributed by atoms with Gasteiger partial charge in [-0.1, -0.05) is 98.6 Å². The van der Waals surface area contributed by atoms with E-state index in [0.717, 1.165) is 40.3 Å². The molecule has 0 radical (unpaired) electrons. The van der Waals surface area contributed by atoms with E-state index < -0.39 is 23.8 Å². The van der Waals surface area contributed by atoms with Gasteiger partial charge in [0.25, 0.3) is 5.91 Å². The van der Waals surface area contributed by atoms with Crippen molar-refractivity contribution in [2.24, 2.45) is 0 Å². The van der Waals surface area contributed by atoms with Crippen LogP contribution in [-0.2, 0) is 20.7 Å². The summed E-state index contributed by atoms with van der Waals surface area (Å²) in [6.45, 7) is 11.8. The van der Waals surface area contributed by atoms with Crippen LogP contribution in [0.5, 0.6) is 0 Å². The molecule has 2 atom stereocenters.